The number of aromatic nitrogens is 2. The van der Waals surface area contributed by atoms with E-state index in [4.69, 9.17) is 9.26 Å². The van der Waals surface area contributed by atoms with Crippen LogP contribution in [0.15, 0.2) is 4.52 Å². The largest absolute Gasteiger partial charge is 0.380 e. The predicted octanol–water partition coefficient (Wildman–Crippen LogP) is 1.52. The summed E-state index contributed by atoms with van der Waals surface area (Å²) >= 11 is 0. The summed E-state index contributed by atoms with van der Waals surface area (Å²) in [5.41, 5.74) is -0.0558. The zero-order valence-corrected chi connectivity index (χ0v) is 13.8. The summed E-state index contributed by atoms with van der Waals surface area (Å²) in [5, 5.41) is 4.08. The topological polar surface area (TPSA) is 54.6 Å². The van der Waals surface area contributed by atoms with Crippen LogP contribution < -0.4 is 0 Å². The minimum Gasteiger partial charge on any atom is -0.380 e. The third-order valence-corrected chi connectivity index (χ3v) is 3.72. The van der Waals surface area contributed by atoms with Crippen LogP contribution in [0, 0.1) is 0 Å². The smallest absolute Gasteiger partial charge is 0.240 e. The van der Waals surface area contributed by atoms with Crippen LogP contribution in [0.1, 0.15) is 39.4 Å². The average molecular weight is 296 g/mol. The summed E-state index contributed by atoms with van der Waals surface area (Å²) in [7, 11) is 0. The molecule has 1 aromatic rings. The van der Waals surface area contributed by atoms with Crippen LogP contribution in [0.25, 0.3) is 0 Å². The molecule has 1 aliphatic heterocycles. The van der Waals surface area contributed by atoms with Gasteiger partial charge in [0.2, 0.25) is 5.89 Å². The Bertz CT molecular complexity index is 420. The highest BCUT2D eigenvalue weighted by atomic mass is 16.5. The molecule has 1 saturated heterocycles. The second-order valence-corrected chi connectivity index (χ2v) is 6.58. The summed E-state index contributed by atoms with van der Waals surface area (Å²) in [5.74, 6) is 1.51. The Labute approximate surface area is 127 Å². The van der Waals surface area contributed by atoms with E-state index in [1.54, 1.807) is 0 Å². The lowest BCUT2D eigenvalue weighted by Gasteiger charge is -2.33. The fraction of sp³-hybridized carbons (Fsp3) is 0.867. The van der Waals surface area contributed by atoms with Gasteiger partial charge >= 0.3 is 0 Å². The van der Waals surface area contributed by atoms with Crippen LogP contribution >= 0.6 is 0 Å². The lowest BCUT2D eigenvalue weighted by molar-refractivity contribution is 0.0749. The van der Waals surface area contributed by atoms with Crippen molar-refractivity contribution in [1.82, 2.24) is 19.9 Å². The van der Waals surface area contributed by atoms with Gasteiger partial charge in [-0.2, -0.15) is 4.98 Å². The van der Waals surface area contributed by atoms with Gasteiger partial charge in [0.15, 0.2) is 5.82 Å². The van der Waals surface area contributed by atoms with Gasteiger partial charge in [-0.15, -0.1) is 0 Å². The van der Waals surface area contributed by atoms with E-state index < -0.39 is 0 Å². The summed E-state index contributed by atoms with van der Waals surface area (Å²) in [6.45, 7) is 16.0. The van der Waals surface area contributed by atoms with E-state index in [-0.39, 0.29) is 5.41 Å². The Balaban J connectivity index is 1.74. The van der Waals surface area contributed by atoms with Gasteiger partial charge in [0.25, 0.3) is 0 Å². The van der Waals surface area contributed by atoms with E-state index in [1.807, 2.05) is 6.92 Å². The fourth-order valence-corrected chi connectivity index (χ4v) is 2.32. The number of piperazine rings is 1. The van der Waals surface area contributed by atoms with Gasteiger partial charge in [0.05, 0.1) is 13.2 Å². The first-order chi connectivity index (χ1) is 9.99. The van der Waals surface area contributed by atoms with Crippen molar-refractivity contribution in [3.05, 3.63) is 11.7 Å². The molecule has 1 aliphatic rings. The molecule has 0 aromatic carbocycles. The zero-order valence-electron chi connectivity index (χ0n) is 13.8. The highest BCUT2D eigenvalue weighted by Gasteiger charge is 2.23. The third-order valence-electron chi connectivity index (χ3n) is 3.72. The molecule has 0 radical (unpaired) electrons. The highest BCUT2D eigenvalue weighted by molar-refractivity contribution is 5.00. The van der Waals surface area contributed by atoms with Crippen molar-refractivity contribution in [1.29, 1.82) is 0 Å². The molecular formula is C15H28N4O2. The Morgan fingerprint density at radius 3 is 2.38 bits per heavy atom. The van der Waals surface area contributed by atoms with Crippen LogP contribution in [-0.2, 0) is 16.7 Å². The summed E-state index contributed by atoms with van der Waals surface area (Å²) in [6.07, 6.45) is 0. The Hall–Kier alpha value is -0.980. The van der Waals surface area contributed by atoms with Crippen molar-refractivity contribution < 1.29 is 9.26 Å². The molecule has 2 rings (SSSR count). The Kier molecular flexibility index (Phi) is 5.72. The molecule has 120 valence electrons. The maximum absolute atomic E-state index is 5.40. The first kappa shape index (κ1) is 16.4. The predicted molar refractivity (Wildman–Crippen MR) is 81.2 cm³/mol. The van der Waals surface area contributed by atoms with E-state index in [9.17, 15) is 0 Å². The standard InChI is InChI=1S/C15H28N4O2/c1-5-20-11-10-18-6-8-19(9-7-18)12-13-16-14(17-21-13)15(2,3)4/h5-12H2,1-4H3. The molecule has 0 saturated carbocycles. The number of hydrogen-bond donors (Lipinski definition) is 0. The van der Waals surface area contributed by atoms with E-state index in [2.05, 4.69) is 40.7 Å². The van der Waals surface area contributed by atoms with Gasteiger partial charge in [-0.05, 0) is 6.92 Å². The number of rotatable bonds is 6. The number of nitrogens with zero attached hydrogens (tertiary/aromatic N) is 4. The molecule has 6 nitrogen and oxygen atoms in total. The summed E-state index contributed by atoms with van der Waals surface area (Å²) < 4.78 is 10.8. The molecule has 1 aromatic heterocycles. The van der Waals surface area contributed by atoms with Crippen LogP contribution in [0.4, 0.5) is 0 Å². The summed E-state index contributed by atoms with van der Waals surface area (Å²) in [6, 6.07) is 0. The molecule has 0 atom stereocenters. The quantitative estimate of drug-likeness (QED) is 0.742. The van der Waals surface area contributed by atoms with E-state index in [0.717, 1.165) is 64.2 Å². The van der Waals surface area contributed by atoms with Gasteiger partial charge < -0.3 is 9.26 Å². The van der Waals surface area contributed by atoms with Gasteiger partial charge in [-0.3, -0.25) is 9.80 Å². The molecule has 0 spiro atoms. The van der Waals surface area contributed by atoms with Crippen molar-refractivity contribution in [2.75, 3.05) is 45.9 Å². The summed E-state index contributed by atoms with van der Waals surface area (Å²) in [4.78, 5) is 9.32. The monoisotopic (exact) mass is 296 g/mol. The molecule has 1 fully saturated rings. The van der Waals surface area contributed by atoms with Crippen LogP contribution in [0.5, 0.6) is 0 Å². The van der Waals surface area contributed by atoms with Crippen molar-refractivity contribution in [3.8, 4) is 0 Å². The first-order valence-electron chi connectivity index (χ1n) is 7.84. The van der Waals surface area contributed by atoms with Crippen molar-refractivity contribution >= 4 is 0 Å². The Morgan fingerprint density at radius 2 is 1.81 bits per heavy atom. The fourth-order valence-electron chi connectivity index (χ4n) is 2.32. The second kappa shape index (κ2) is 7.33. The van der Waals surface area contributed by atoms with E-state index in [0.29, 0.717) is 0 Å². The second-order valence-electron chi connectivity index (χ2n) is 6.58. The van der Waals surface area contributed by atoms with Crippen molar-refractivity contribution in [2.45, 2.75) is 39.7 Å². The maximum Gasteiger partial charge on any atom is 0.240 e. The molecule has 6 heteroatoms. The molecule has 0 unspecified atom stereocenters. The first-order valence-corrected chi connectivity index (χ1v) is 7.84. The SMILES string of the molecule is CCOCCN1CCN(Cc2nc(C(C)(C)C)no2)CC1. The maximum atomic E-state index is 5.40. The molecule has 21 heavy (non-hydrogen) atoms. The lowest BCUT2D eigenvalue weighted by Crippen LogP contribution is -2.46. The number of ether oxygens (including phenoxy) is 1. The zero-order chi connectivity index (χ0) is 15.3. The van der Waals surface area contributed by atoms with Gasteiger partial charge in [0, 0.05) is 44.7 Å². The minimum absolute atomic E-state index is 0.0558. The molecule has 0 amide bonds. The average Bonchev–Trinajstić information content (AvgIpc) is 2.90. The Morgan fingerprint density at radius 1 is 1.14 bits per heavy atom. The highest BCUT2D eigenvalue weighted by Crippen LogP contribution is 2.19. The molecule has 2 heterocycles. The van der Waals surface area contributed by atoms with E-state index >= 15 is 0 Å². The third kappa shape index (κ3) is 5.05. The molecule has 0 aliphatic carbocycles. The normalized spacial score (nSPS) is 18.3. The lowest BCUT2D eigenvalue weighted by atomic mass is 9.96. The van der Waals surface area contributed by atoms with Gasteiger partial charge in [-0.1, -0.05) is 25.9 Å². The molecule has 0 N–H and O–H groups in total. The molecular weight excluding hydrogens is 268 g/mol. The van der Waals surface area contributed by atoms with Crippen molar-refractivity contribution in [2.24, 2.45) is 0 Å². The van der Waals surface area contributed by atoms with Crippen LogP contribution in [0.2, 0.25) is 0 Å². The molecule has 0 bridgehead atoms. The minimum atomic E-state index is -0.0558. The van der Waals surface area contributed by atoms with E-state index in [1.165, 1.54) is 0 Å². The number of hydrogen-bond acceptors (Lipinski definition) is 6. The van der Waals surface area contributed by atoms with Gasteiger partial charge in [-0.25, -0.2) is 0 Å². The van der Waals surface area contributed by atoms with Crippen LogP contribution in [0.3, 0.4) is 0 Å². The van der Waals surface area contributed by atoms with Crippen LogP contribution in [-0.4, -0.2) is 65.9 Å². The van der Waals surface area contributed by atoms with Gasteiger partial charge in [0.1, 0.15) is 0 Å². The van der Waals surface area contributed by atoms with Crippen molar-refractivity contribution in [3.63, 3.8) is 0 Å².